The molecule has 0 spiro atoms. The maximum Gasteiger partial charge on any atom is 0.138 e. The molecule has 1 atom stereocenters. The Balaban J connectivity index is 3.15. The molecule has 1 unspecified atom stereocenters. The van der Waals surface area contributed by atoms with Crippen LogP contribution in [0.1, 0.15) is 26.3 Å². The summed E-state index contributed by atoms with van der Waals surface area (Å²) in [5.41, 5.74) is 1.93. The van der Waals surface area contributed by atoms with E-state index >= 15 is 0 Å². The first-order chi connectivity index (χ1) is 6.91. The van der Waals surface area contributed by atoms with Crippen molar-refractivity contribution in [2.45, 2.75) is 30.6 Å². The topological polar surface area (TPSA) is 12.4 Å². The van der Waals surface area contributed by atoms with Gasteiger partial charge in [0.05, 0.1) is 5.71 Å². The molecule has 0 fully saturated rings. The van der Waals surface area contributed by atoms with E-state index in [2.05, 4.69) is 20.9 Å². The van der Waals surface area contributed by atoms with Crippen LogP contribution in [0, 0.1) is 0 Å². The number of alkyl halides is 2. The van der Waals surface area contributed by atoms with E-state index in [1.54, 1.807) is 0 Å². The summed E-state index contributed by atoms with van der Waals surface area (Å²) in [5, 5.41) is 0. The fraction of sp³-hybridized carbons (Fsp3) is 0.417. The van der Waals surface area contributed by atoms with Gasteiger partial charge in [0.25, 0.3) is 0 Å². The Morgan fingerprint density at radius 2 is 1.87 bits per heavy atom. The van der Waals surface area contributed by atoms with E-state index in [0.717, 1.165) is 11.3 Å². The fourth-order valence-corrected chi connectivity index (χ4v) is 1.78. The zero-order valence-electron chi connectivity index (χ0n) is 9.17. The minimum absolute atomic E-state index is 0.232. The summed E-state index contributed by atoms with van der Waals surface area (Å²) in [5.74, 6) is 0. The number of halogens is 2. The summed E-state index contributed by atoms with van der Waals surface area (Å²) in [6, 6.07) is 10.2. The average molecular weight is 289 g/mol. The predicted octanol–water partition coefficient (Wildman–Crippen LogP) is 4.23. The molecule has 1 aromatic carbocycles. The van der Waals surface area contributed by atoms with Crippen molar-refractivity contribution in [1.82, 2.24) is 0 Å². The smallest absolute Gasteiger partial charge is 0.138 e. The molecule has 0 saturated carbocycles. The summed E-state index contributed by atoms with van der Waals surface area (Å²) in [4.78, 5) is 4.56. The third-order valence-electron chi connectivity index (χ3n) is 1.85. The van der Waals surface area contributed by atoms with E-state index in [-0.39, 0.29) is 6.04 Å². The molecule has 15 heavy (non-hydrogen) atoms. The normalized spacial score (nSPS) is 16.5. The Morgan fingerprint density at radius 3 is 2.27 bits per heavy atom. The van der Waals surface area contributed by atoms with Crippen molar-refractivity contribution in [2.75, 3.05) is 0 Å². The zero-order valence-corrected chi connectivity index (χ0v) is 11.5. The van der Waals surface area contributed by atoms with Crippen molar-refractivity contribution in [3.05, 3.63) is 35.9 Å². The third kappa shape index (κ3) is 3.96. The largest absolute Gasteiger partial charge is 0.284 e. The van der Waals surface area contributed by atoms with E-state index in [4.69, 9.17) is 11.6 Å². The maximum atomic E-state index is 6.26. The van der Waals surface area contributed by atoms with Crippen LogP contribution in [0.25, 0.3) is 0 Å². The van der Waals surface area contributed by atoms with Crippen molar-refractivity contribution in [1.29, 1.82) is 0 Å². The van der Waals surface area contributed by atoms with Crippen LogP contribution in [-0.4, -0.2) is 15.5 Å². The summed E-state index contributed by atoms with van der Waals surface area (Å²) in [6.45, 7) is 5.97. The van der Waals surface area contributed by atoms with Gasteiger partial charge in [-0.05, 0) is 26.3 Å². The minimum Gasteiger partial charge on any atom is -0.284 e. The van der Waals surface area contributed by atoms with Gasteiger partial charge in [0.1, 0.15) is 3.78 Å². The Hall–Kier alpha value is -0.340. The Kier molecular flexibility index (Phi) is 4.35. The summed E-state index contributed by atoms with van der Waals surface area (Å²) in [7, 11) is 0. The second kappa shape index (κ2) is 5.13. The molecule has 0 aromatic heterocycles. The van der Waals surface area contributed by atoms with Gasteiger partial charge in [-0.15, -0.1) is 11.6 Å². The predicted molar refractivity (Wildman–Crippen MR) is 71.3 cm³/mol. The summed E-state index contributed by atoms with van der Waals surface area (Å²) in [6.07, 6.45) is 0. The molecule has 0 aliphatic heterocycles. The van der Waals surface area contributed by atoms with Gasteiger partial charge in [-0.25, -0.2) is 0 Å². The maximum absolute atomic E-state index is 6.26. The lowest BCUT2D eigenvalue weighted by Crippen LogP contribution is -2.23. The van der Waals surface area contributed by atoms with Gasteiger partial charge >= 0.3 is 0 Å². The molecule has 3 heteroatoms. The van der Waals surface area contributed by atoms with Gasteiger partial charge in [-0.2, -0.15) is 0 Å². The molecule has 0 heterocycles. The number of nitrogens with zero attached hydrogens (tertiary/aromatic N) is 1. The molecule has 0 amide bonds. The lowest BCUT2D eigenvalue weighted by atomic mass is 10.1. The van der Waals surface area contributed by atoms with Gasteiger partial charge in [-0.3, -0.25) is 4.99 Å². The fourth-order valence-electron chi connectivity index (χ4n) is 1.30. The highest BCUT2D eigenvalue weighted by Crippen LogP contribution is 2.28. The number of benzene rings is 1. The molecule has 0 aliphatic rings. The highest BCUT2D eigenvalue weighted by Gasteiger charge is 2.25. The van der Waals surface area contributed by atoms with Gasteiger partial charge in [0.15, 0.2) is 0 Å². The lowest BCUT2D eigenvalue weighted by molar-refractivity contribution is 0.830. The number of rotatable bonds is 3. The van der Waals surface area contributed by atoms with Crippen LogP contribution in [0.5, 0.6) is 0 Å². The molecule has 1 nitrogen and oxygen atoms in total. The van der Waals surface area contributed by atoms with Crippen LogP contribution in [0.15, 0.2) is 35.3 Å². The van der Waals surface area contributed by atoms with E-state index < -0.39 is 3.78 Å². The molecule has 1 rings (SSSR count). The highest BCUT2D eigenvalue weighted by molar-refractivity contribution is 9.10. The molecule has 82 valence electrons. The van der Waals surface area contributed by atoms with Gasteiger partial charge in [0, 0.05) is 6.04 Å². The quantitative estimate of drug-likeness (QED) is 0.583. The van der Waals surface area contributed by atoms with Crippen molar-refractivity contribution < 1.29 is 0 Å². The molecule has 0 bridgehead atoms. The van der Waals surface area contributed by atoms with Crippen molar-refractivity contribution in [2.24, 2.45) is 4.99 Å². The summed E-state index contributed by atoms with van der Waals surface area (Å²) < 4.78 is -0.612. The van der Waals surface area contributed by atoms with Crippen LogP contribution in [0.2, 0.25) is 0 Å². The van der Waals surface area contributed by atoms with Gasteiger partial charge < -0.3 is 0 Å². The van der Waals surface area contributed by atoms with E-state index in [9.17, 15) is 0 Å². The third-order valence-corrected chi connectivity index (χ3v) is 2.40. The molecular weight excluding hydrogens is 273 g/mol. The van der Waals surface area contributed by atoms with Crippen molar-refractivity contribution in [3.63, 3.8) is 0 Å². The number of hydrogen-bond acceptors (Lipinski definition) is 1. The first kappa shape index (κ1) is 12.7. The zero-order chi connectivity index (χ0) is 11.5. The molecule has 0 saturated heterocycles. The minimum atomic E-state index is -0.612. The van der Waals surface area contributed by atoms with Crippen LogP contribution in [0.4, 0.5) is 0 Å². The van der Waals surface area contributed by atoms with Gasteiger partial charge in [0.2, 0.25) is 0 Å². The first-order valence-electron chi connectivity index (χ1n) is 4.93. The molecule has 0 aliphatic carbocycles. The van der Waals surface area contributed by atoms with Gasteiger partial charge in [-0.1, -0.05) is 46.3 Å². The Morgan fingerprint density at radius 1 is 1.33 bits per heavy atom. The Labute approximate surface area is 105 Å². The van der Waals surface area contributed by atoms with Crippen LogP contribution < -0.4 is 0 Å². The van der Waals surface area contributed by atoms with Crippen molar-refractivity contribution >= 4 is 33.2 Å². The second-order valence-corrected chi connectivity index (χ2v) is 6.62. The van der Waals surface area contributed by atoms with Crippen LogP contribution in [0.3, 0.4) is 0 Å². The molecule has 0 N–H and O–H groups in total. The van der Waals surface area contributed by atoms with Crippen LogP contribution >= 0.6 is 27.5 Å². The van der Waals surface area contributed by atoms with Crippen LogP contribution in [-0.2, 0) is 0 Å². The number of aliphatic imine (C=N–C) groups is 1. The average Bonchev–Trinajstić information content (AvgIpc) is 2.14. The summed E-state index contributed by atoms with van der Waals surface area (Å²) >= 11 is 9.71. The standard InChI is InChI=1S/C12H15BrClN/c1-9(2)15-11(12(3,13)14)10-7-5-4-6-8-10/h4-9H,1-3H3. The van der Waals surface area contributed by atoms with E-state index in [1.165, 1.54) is 0 Å². The SMILES string of the molecule is CC(C)N=C(c1ccccc1)C(C)(Cl)Br. The monoisotopic (exact) mass is 287 g/mol. The highest BCUT2D eigenvalue weighted by atomic mass is 79.9. The van der Waals surface area contributed by atoms with E-state index in [1.807, 2.05) is 51.1 Å². The molecular formula is C12H15BrClN. The molecule has 0 radical (unpaired) electrons. The number of hydrogen-bond donors (Lipinski definition) is 0. The van der Waals surface area contributed by atoms with Crippen molar-refractivity contribution in [3.8, 4) is 0 Å². The first-order valence-corrected chi connectivity index (χ1v) is 6.10. The van der Waals surface area contributed by atoms with E-state index in [0.29, 0.717) is 0 Å². The molecule has 1 aromatic rings. The Bertz CT molecular complexity index is 338. The lowest BCUT2D eigenvalue weighted by Gasteiger charge is -2.18. The second-order valence-electron chi connectivity index (χ2n) is 3.83.